The minimum absolute atomic E-state index is 0.00451. The van der Waals surface area contributed by atoms with Gasteiger partial charge in [-0.15, -0.1) is 0 Å². The summed E-state index contributed by atoms with van der Waals surface area (Å²) in [6.45, 7) is 8.60. The van der Waals surface area contributed by atoms with Crippen LogP contribution in [0, 0.1) is 18.8 Å². The van der Waals surface area contributed by atoms with Crippen molar-refractivity contribution in [2.24, 2.45) is 11.8 Å². The van der Waals surface area contributed by atoms with Crippen molar-refractivity contribution in [2.45, 2.75) is 71.6 Å². The predicted molar refractivity (Wildman–Crippen MR) is 139 cm³/mol. The van der Waals surface area contributed by atoms with Crippen molar-refractivity contribution in [2.75, 3.05) is 26.4 Å². The van der Waals surface area contributed by atoms with Gasteiger partial charge in [0.1, 0.15) is 5.82 Å². The number of aliphatic hydroxyl groups is 1. The van der Waals surface area contributed by atoms with E-state index in [0.29, 0.717) is 43.6 Å². The number of rotatable bonds is 14. The van der Waals surface area contributed by atoms with Crippen LogP contribution in [0.1, 0.15) is 63.4 Å². The van der Waals surface area contributed by atoms with E-state index in [1.807, 2.05) is 31.5 Å². The largest absolute Gasteiger partial charge is 0.476 e. The molecule has 3 aromatic rings. The highest BCUT2D eigenvalue weighted by molar-refractivity contribution is 5.76. The normalized spacial score (nSPS) is 21.9. The Morgan fingerprint density at radius 2 is 1.81 bits per heavy atom. The molecule has 2 heterocycles. The molecule has 1 aliphatic carbocycles. The molecular weight excluding hydrogens is 456 g/mol. The molecule has 196 valence electrons. The number of hydrogen-bond acceptors (Lipinski definition) is 7. The van der Waals surface area contributed by atoms with Crippen molar-refractivity contribution >= 4 is 11.2 Å². The van der Waals surface area contributed by atoms with E-state index in [-0.39, 0.29) is 30.6 Å². The zero-order chi connectivity index (χ0) is 25.3. The summed E-state index contributed by atoms with van der Waals surface area (Å²) >= 11 is 0. The van der Waals surface area contributed by atoms with Gasteiger partial charge in [0, 0.05) is 31.1 Å². The zero-order valence-corrected chi connectivity index (χ0v) is 21.8. The second-order valence-electron chi connectivity index (χ2n) is 9.68. The van der Waals surface area contributed by atoms with Gasteiger partial charge in [-0.1, -0.05) is 57.0 Å². The number of benzene rings is 1. The third-order valence-electron chi connectivity index (χ3n) is 7.05. The molecule has 0 aliphatic heterocycles. The number of ether oxygens (including phenoxy) is 3. The van der Waals surface area contributed by atoms with Crippen LogP contribution in [0.3, 0.4) is 0 Å². The highest BCUT2D eigenvalue weighted by Crippen LogP contribution is 2.43. The summed E-state index contributed by atoms with van der Waals surface area (Å²) in [7, 11) is 0. The number of fused-ring (bicyclic) bond motifs is 1. The Kier molecular flexibility index (Phi) is 9.67. The molecule has 1 N–H and O–H groups in total. The van der Waals surface area contributed by atoms with E-state index in [0.717, 1.165) is 43.3 Å². The molecule has 0 unspecified atom stereocenters. The monoisotopic (exact) mass is 496 g/mol. The molecule has 0 spiro atoms. The topological polar surface area (TPSA) is 91.5 Å². The van der Waals surface area contributed by atoms with Crippen LogP contribution >= 0.6 is 0 Å². The second-order valence-corrected chi connectivity index (χ2v) is 9.68. The van der Waals surface area contributed by atoms with E-state index < -0.39 is 0 Å². The standard InChI is InChI=1S/C28H40N4O4/c1-4-6-13-35-25-15-24(22(16-33)23(25)18-34-17-21-11-9-8-10-12-21)32-19-29-26-27(32)30-20(3)31-28(26)36-14-7-5-2/h8-12,19,22-25,33H,4-7,13-18H2,1-3H3/t22-,23-,24-,25-/m0/s1. The average molecular weight is 497 g/mol. The summed E-state index contributed by atoms with van der Waals surface area (Å²) in [5.74, 6) is 1.21. The SMILES string of the molecule is CCCCOc1nc(C)nc2c1ncn2[C@H]1C[C@H](OCCCC)[C@@H](COCc2ccccc2)[C@@H]1CO. The molecule has 0 amide bonds. The molecule has 0 saturated heterocycles. The van der Waals surface area contributed by atoms with E-state index in [1.165, 1.54) is 0 Å². The van der Waals surface area contributed by atoms with Gasteiger partial charge in [-0.3, -0.25) is 0 Å². The fourth-order valence-electron chi connectivity index (χ4n) is 5.07. The van der Waals surface area contributed by atoms with Gasteiger partial charge in [-0.25, -0.2) is 9.97 Å². The number of aliphatic hydroxyl groups excluding tert-OH is 1. The Morgan fingerprint density at radius 1 is 1.03 bits per heavy atom. The molecule has 1 fully saturated rings. The summed E-state index contributed by atoms with van der Waals surface area (Å²) in [4.78, 5) is 13.9. The Morgan fingerprint density at radius 3 is 2.56 bits per heavy atom. The Labute approximate surface area is 214 Å². The minimum Gasteiger partial charge on any atom is -0.476 e. The zero-order valence-electron chi connectivity index (χ0n) is 21.8. The molecule has 1 aliphatic rings. The second kappa shape index (κ2) is 13.1. The van der Waals surface area contributed by atoms with E-state index >= 15 is 0 Å². The predicted octanol–water partition coefficient (Wildman–Crippen LogP) is 4.89. The van der Waals surface area contributed by atoms with Crippen molar-refractivity contribution in [1.29, 1.82) is 0 Å². The first-order valence-electron chi connectivity index (χ1n) is 13.3. The maximum absolute atomic E-state index is 10.5. The van der Waals surface area contributed by atoms with Crippen LogP contribution in [-0.2, 0) is 16.1 Å². The summed E-state index contributed by atoms with van der Waals surface area (Å²) in [5, 5.41) is 10.5. The van der Waals surface area contributed by atoms with Gasteiger partial charge in [0.05, 0.1) is 32.3 Å². The van der Waals surface area contributed by atoms with Crippen LogP contribution in [0.4, 0.5) is 0 Å². The van der Waals surface area contributed by atoms with Crippen LogP contribution in [0.25, 0.3) is 11.2 Å². The molecule has 36 heavy (non-hydrogen) atoms. The number of hydrogen-bond donors (Lipinski definition) is 1. The van der Waals surface area contributed by atoms with Crippen LogP contribution in [0.5, 0.6) is 5.88 Å². The fraction of sp³-hybridized carbons (Fsp3) is 0.607. The summed E-state index contributed by atoms with van der Waals surface area (Å²) in [6.07, 6.45) is 6.69. The molecule has 4 rings (SSSR count). The van der Waals surface area contributed by atoms with Crippen molar-refractivity contribution in [3.63, 3.8) is 0 Å². The van der Waals surface area contributed by atoms with E-state index in [9.17, 15) is 5.11 Å². The maximum Gasteiger partial charge on any atom is 0.245 e. The van der Waals surface area contributed by atoms with Gasteiger partial charge < -0.3 is 23.9 Å². The third kappa shape index (κ3) is 6.22. The molecule has 1 saturated carbocycles. The lowest BCUT2D eigenvalue weighted by Crippen LogP contribution is -2.30. The Hall–Kier alpha value is -2.55. The lowest BCUT2D eigenvalue weighted by Gasteiger charge is -2.25. The lowest BCUT2D eigenvalue weighted by molar-refractivity contribution is -0.0286. The molecule has 2 aromatic heterocycles. The molecular formula is C28H40N4O4. The molecule has 8 nitrogen and oxygen atoms in total. The van der Waals surface area contributed by atoms with Crippen molar-refractivity contribution < 1.29 is 19.3 Å². The van der Waals surface area contributed by atoms with Crippen LogP contribution in [-0.4, -0.2) is 57.2 Å². The first kappa shape index (κ1) is 26.5. The van der Waals surface area contributed by atoms with Gasteiger partial charge in [-0.05, 0) is 31.7 Å². The highest BCUT2D eigenvalue weighted by atomic mass is 16.5. The number of imidazole rings is 1. The van der Waals surface area contributed by atoms with Gasteiger partial charge in [0.2, 0.25) is 5.88 Å². The highest BCUT2D eigenvalue weighted by Gasteiger charge is 2.45. The third-order valence-corrected chi connectivity index (χ3v) is 7.05. The number of aryl methyl sites for hydroxylation is 1. The lowest BCUT2D eigenvalue weighted by atomic mass is 9.94. The Balaban J connectivity index is 1.56. The van der Waals surface area contributed by atoms with Crippen molar-refractivity contribution in [3.05, 3.63) is 48.0 Å². The van der Waals surface area contributed by atoms with E-state index in [1.54, 1.807) is 0 Å². The van der Waals surface area contributed by atoms with Crippen molar-refractivity contribution in [3.8, 4) is 5.88 Å². The van der Waals surface area contributed by atoms with E-state index in [4.69, 9.17) is 19.2 Å². The summed E-state index contributed by atoms with van der Waals surface area (Å²) < 4.78 is 20.6. The quantitative estimate of drug-likeness (QED) is 0.318. The van der Waals surface area contributed by atoms with E-state index in [2.05, 4.69) is 40.5 Å². The average Bonchev–Trinajstić information content (AvgIpc) is 3.46. The Bertz CT molecular complexity index is 1070. The number of unbranched alkanes of at least 4 members (excludes halogenated alkanes) is 2. The van der Waals surface area contributed by atoms with Gasteiger partial charge in [0.25, 0.3) is 0 Å². The maximum atomic E-state index is 10.5. The van der Waals surface area contributed by atoms with Crippen LogP contribution in [0.15, 0.2) is 36.7 Å². The van der Waals surface area contributed by atoms with Gasteiger partial charge in [0.15, 0.2) is 11.2 Å². The van der Waals surface area contributed by atoms with Gasteiger partial charge >= 0.3 is 0 Å². The summed E-state index contributed by atoms with van der Waals surface area (Å²) in [6, 6.07) is 10.2. The molecule has 1 aromatic carbocycles. The fourth-order valence-corrected chi connectivity index (χ4v) is 5.07. The molecule has 8 heteroatoms. The smallest absolute Gasteiger partial charge is 0.245 e. The first-order chi connectivity index (χ1) is 17.7. The van der Waals surface area contributed by atoms with Crippen LogP contribution < -0.4 is 4.74 Å². The molecule has 0 bridgehead atoms. The molecule has 0 radical (unpaired) electrons. The molecule has 4 atom stereocenters. The number of aromatic nitrogens is 4. The van der Waals surface area contributed by atoms with Crippen LogP contribution in [0.2, 0.25) is 0 Å². The summed E-state index contributed by atoms with van der Waals surface area (Å²) in [5.41, 5.74) is 2.55. The van der Waals surface area contributed by atoms with Gasteiger partial charge in [-0.2, -0.15) is 4.98 Å². The number of nitrogens with zero attached hydrogens (tertiary/aromatic N) is 4. The first-order valence-corrected chi connectivity index (χ1v) is 13.3. The van der Waals surface area contributed by atoms with Crippen molar-refractivity contribution in [1.82, 2.24) is 19.5 Å². The minimum atomic E-state index is -0.0375.